The first kappa shape index (κ1) is 20.3. The largest absolute Gasteiger partial charge is 0.462 e. The Balaban J connectivity index is 2.76. The molecule has 2 aliphatic carbocycles. The predicted octanol–water partition coefficient (Wildman–Crippen LogP) is 1.36. The highest BCUT2D eigenvalue weighted by molar-refractivity contribution is 5.88. The van der Waals surface area contributed by atoms with E-state index in [1.54, 1.807) is 6.92 Å². The van der Waals surface area contributed by atoms with Gasteiger partial charge in [-0.2, -0.15) is 0 Å². The van der Waals surface area contributed by atoms with E-state index in [1.165, 1.54) is 19.9 Å². The number of carbonyl (C=O) groups is 4. The maximum atomic E-state index is 12.0. The van der Waals surface area contributed by atoms with E-state index in [0.717, 1.165) is 0 Å². The van der Waals surface area contributed by atoms with Crippen molar-refractivity contribution in [3.05, 3.63) is 11.6 Å². The number of rotatable bonds is 4. The van der Waals surface area contributed by atoms with Gasteiger partial charge in [-0.1, -0.05) is 20.8 Å². The Kier molecular flexibility index (Phi) is 5.16. The summed E-state index contributed by atoms with van der Waals surface area (Å²) in [7, 11) is 0. The molecule has 5 atom stereocenters. The number of esters is 2. The van der Waals surface area contributed by atoms with Crippen LogP contribution in [0.25, 0.3) is 0 Å². The monoisotopic (exact) mass is 366 g/mol. The average Bonchev–Trinajstić information content (AvgIpc) is 2.52. The molecule has 1 unspecified atom stereocenters. The van der Waals surface area contributed by atoms with Crippen molar-refractivity contribution < 1.29 is 33.8 Å². The van der Waals surface area contributed by atoms with Gasteiger partial charge in [-0.3, -0.25) is 19.2 Å². The molecular formula is C19H26O7. The number of carbonyl (C=O) groups excluding carboxylic acids is 4. The highest BCUT2D eigenvalue weighted by Gasteiger charge is 2.68. The smallest absolute Gasteiger partial charge is 0.303 e. The zero-order valence-electron chi connectivity index (χ0n) is 15.8. The first-order chi connectivity index (χ1) is 11.9. The van der Waals surface area contributed by atoms with Gasteiger partial charge in [0.05, 0.1) is 5.41 Å². The zero-order valence-corrected chi connectivity index (χ0v) is 15.8. The number of aliphatic hydroxyl groups is 1. The molecule has 1 N–H and O–H groups in total. The Labute approximate surface area is 152 Å². The second-order valence-electron chi connectivity index (χ2n) is 8.08. The van der Waals surface area contributed by atoms with Gasteiger partial charge < -0.3 is 14.6 Å². The fraction of sp³-hybridized carbons (Fsp3) is 0.684. The van der Waals surface area contributed by atoms with E-state index < -0.39 is 46.5 Å². The maximum absolute atomic E-state index is 12.0. The summed E-state index contributed by atoms with van der Waals surface area (Å²) in [4.78, 5) is 46.9. The van der Waals surface area contributed by atoms with Crippen molar-refractivity contribution in [2.75, 3.05) is 0 Å². The van der Waals surface area contributed by atoms with Crippen LogP contribution in [0.5, 0.6) is 0 Å². The van der Waals surface area contributed by atoms with E-state index in [1.807, 2.05) is 13.8 Å². The highest BCUT2D eigenvalue weighted by Crippen LogP contribution is 2.61. The Bertz CT molecular complexity index is 665. The van der Waals surface area contributed by atoms with Gasteiger partial charge in [0.15, 0.2) is 11.9 Å². The quantitative estimate of drug-likeness (QED) is 0.591. The lowest BCUT2D eigenvalue weighted by Gasteiger charge is -2.61. The standard InChI is InChI=1S/C19H26O7/c1-11(22)25-14-8-13(9-20)19(24,10-21)18(5)15(26-12(2)23)6-7-17(3,4)16(14)18/h8-10,14-16,24H,6-7H2,1-5H3/t14-,15+,16?,18-,19+/m0/s1. The van der Waals surface area contributed by atoms with E-state index in [0.29, 0.717) is 25.4 Å². The molecule has 1 saturated carbocycles. The summed E-state index contributed by atoms with van der Waals surface area (Å²) < 4.78 is 10.9. The highest BCUT2D eigenvalue weighted by atomic mass is 16.6. The molecule has 0 bridgehead atoms. The summed E-state index contributed by atoms with van der Waals surface area (Å²) in [6, 6.07) is 0. The van der Waals surface area contributed by atoms with Crippen LogP contribution in [-0.2, 0) is 28.7 Å². The minimum absolute atomic E-state index is 0.188. The molecule has 2 aliphatic rings. The molecule has 144 valence electrons. The topological polar surface area (TPSA) is 107 Å². The molecule has 0 heterocycles. The van der Waals surface area contributed by atoms with E-state index in [9.17, 15) is 24.3 Å². The molecule has 0 amide bonds. The van der Waals surface area contributed by atoms with Gasteiger partial charge in [-0.25, -0.2) is 0 Å². The molecule has 0 spiro atoms. The minimum atomic E-state index is -2.16. The van der Waals surface area contributed by atoms with E-state index in [4.69, 9.17) is 9.47 Å². The van der Waals surface area contributed by atoms with Gasteiger partial charge in [0.25, 0.3) is 0 Å². The van der Waals surface area contributed by atoms with Crippen molar-refractivity contribution in [1.29, 1.82) is 0 Å². The van der Waals surface area contributed by atoms with Crippen molar-refractivity contribution in [2.45, 2.75) is 65.3 Å². The first-order valence-electron chi connectivity index (χ1n) is 8.64. The van der Waals surface area contributed by atoms with Crippen molar-refractivity contribution >= 4 is 24.5 Å². The van der Waals surface area contributed by atoms with Crippen molar-refractivity contribution in [3.8, 4) is 0 Å². The second-order valence-corrected chi connectivity index (χ2v) is 8.08. The van der Waals surface area contributed by atoms with Gasteiger partial charge in [0, 0.05) is 25.3 Å². The fourth-order valence-corrected chi connectivity index (χ4v) is 4.95. The van der Waals surface area contributed by atoms with E-state index in [-0.39, 0.29) is 5.57 Å². The van der Waals surface area contributed by atoms with E-state index >= 15 is 0 Å². The molecule has 0 aliphatic heterocycles. The summed E-state index contributed by atoms with van der Waals surface area (Å²) in [6.07, 6.45) is 1.45. The molecule has 7 nitrogen and oxygen atoms in total. The van der Waals surface area contributed by atoms with Crippen LogP contribution in [0.3, 0.4) is 0 Å². The predicted molar refractivity (Wildman–Crippen MR) is 90.9 cm³/mol. The Morgan fingerprint density at radius 1 is 1.15 bits per heavy atom. The van der Waals surface area contributed by atoms with Gasteiger partial charge in [0.1, 0.15) is 18.5 Å². The van der Waals surface area contributed by atoms with Crippen LogP contribution in [0.15, 0.2) is 11.6 Å². The molecule has 2 rings (SSSR count). The van der Waals surface area contributed by atoms with E-state index in [2.05, 4.69) is 0 Å². The molecular weight excluding hydrogens is 340 g/mol. The van der Waals surface area contributed by atoms with Crippen molar-refractivity contribution in [2.24, 2.45) is 16.7 Å². The molecule has 0 radical (unpaired) electrons. The Morgan fingerprint density at radius 3 is 2.19 bits per heavy atom. The SMILES string of the molecule is CC(=O)O[C@H]1C=C(C=O)[C@](O)(C=O)[C@]2(C)C1C(C)(C)CC[C@H]2OC(C)=O. The van der Waals surface area contributed by atoms with Crippen molar-refractivity contribution in [3.63, 3.8) is 0 Å². The third-order valence-electron chi connectivity index (χ3n) is 6.05. The first-order valence-corrected chi connectivity index (χ1v) is 8.64. The molecule has 0 aromatic rings. The lowest BCUT2D eigenvalue weighted by molar-refractivity contribution is -0.227. The van der Waals surface area contributed by atoms with Crippen LogP contribution < -0.4 is 0 Å². The summed E-state index contributed by atoms with van der Waals surface area (Å²) in [5.41, 5.74) is -4.14. The second kappa shape index (κ2) is 6.61. The minimum Gasteiger partial charge on any atom is -0.462 e. The molecule has 0 saturated heterocycles. The normalized spacial score (nSPS) is 38.4. The number of hydrogen-bond donors (Lipinski definition) is 1. The van der Waals surface area contributed by atoms with Crippen LogP contribution in [0.4, 0.5) is 0 Å². The van der Waals surface area contributed by atoms with Crippen LogP contribution in [0, 0.1) is 16.7 Å². The van der Waals surface area contributed by atoms with Crippen LogP contribution in [-0.4, -0.2) is 47.4 Å². The summed E-state index contributed by atoms with van der Waals surface area (Å²) in [6.45, 7) is 8.02. The van der Waals surface area contributed by atoms with Gasteiger partial charge in [0.2, 0.25) is 0 Å². The van der Waals surface area contributed by atoms with Gasteiger partial charge >= 0.3 is 11.9 Å². The summed E-state index contributed by atoms with van der Waals surface area (Å²) in [5.74, 6) is -1.63. The number of hydrogen-bond acceptors (Lipinski definition) is 7. The maximum Gasteiger partial charge on any atom is 0.303 e. The van der Waals surface area contributed by atoms with Crippen LogP contribution >= 0.6 is 0 Å². The average molecular weight is 366 g/mol. The molecule has 0 aromatic carbocycles. The van der Waals surface area contributed by atoms with Gasteiger partial charge in [-0.05, 0) is 24.3 Å². The number of aldehydes is 2. The molecule has 1 fully saturated rings. The molecule has 0 aromatic heterocycles. The summed E-state index contributed by atoms with van der Waals surface area (Å²) >= 11 is 0. The lowest BCUT2D eigenvalue weighted by Crippen LogP contribution is -2.69. The third kappa shape index (κ3) is 2.88. The lowest BCUT2D eigenvalue weighted by atomic mass is 9.45. The number of ether oxygens (including phenoxy) is 2. The zero-order chi connectivity index (χ0) is 19.9. The fourth-order valence-electron chi connectivity index (χ4n) is 4.95. The Morgan fingerprint density at radius 2 is 1.73 bits per heavy atom. The third-order valence-corrected chi connectivity index (χ3v) is 6.05. The van der Waals surface area contributed by atoms with Crippen molar-refractivity contribution in [1.82, 2.24) is 0 Å². The molecule has 7 heteroatoms. The Hall–Kier alpha value is -2.02. The number of fused-ring (bicyclic) bond motifs is 1. The molecule has 26 heavy (non-hydrogen) atoms. The van der Waals surface area contributed by atoms with Gasteiger partial charge in [-0.15, -0.1) is 0 Å². The van der Waals surface area contributed by atoms with Crippen LogP contribution in [0.2, 0.25) is 0 Å². The van der Waals surface area contributed by atoms with Crippen LogP contribution in [0.1, 0.15) is 47.5 Å². The summed E-state index contributed by atoms with van der Waals surface area (Å²) in [5, 5.41) is 11.3.